The molecule has 0 bridgehead atoms. The first kappa shape index (κ1) is 17.1. The van der Waals surface area contributed by atoms with Gasteiger partial charge in [-0.05, 0) is 24.3 Å². The van der Waals surface area contributed by atoms with Crippen LogP contribution >= 0.6 is 0 Å². The van der Waals surface area contributed by atoms with Crippen molar-refractivity contribution in [1.82, 2.24) is 4.72 Å². The molecule has 0 spiro atoms. The Hall–Kier alpha value is -2.78. The predicted octanol–water partition coefficient (Wildman–Crippen LogP) is 1.37. The van der Waals surface area contributed by atoms with Gasteiger partial charge in [-0.1, -0.05) is 12.1 Å². The summed E-state index contributed by atoms with van der Waals surface area (Å²) in [6, 6.07) is 11.2. The molecule has 2 aromatic rings. The molecule has 8 nitrogen and oxygen atoms in total. The summed E-state index contributed by atoms with van der Waals surface area (Å²) in [6.45, 7) is 0. The maximum atomic E-state index is 12.4. The molecule has 25 heavy (non-hydrogen) atoms. The topological polar surface area (TPSA) is 106 Å². The molecule has 1 aliphatic heterocycles. The number of carbonyl (C=O) groups is 1. The van der Waals surface area contributed by atoms with E-state index in [4.69, 9.17) is 9.47 Å². The van der Waals surface area contributed by atoms with E-state index in [1.807, 2.05) is 0 Å². The molecular formula is C16H17N3O5S. The van der Waals surface area contributed by atoms with Crippen LogP contribution in [0.25, 0.3) is 0 Å². The monoisotopic (exact) mass is 363 g/mol. The van der Waals surface area contributed by atoms with Gasteiger partial charge in [-0.2, -0.15) is 4.72 Å². The lowest BCUT2D eigenvalue weighted by atomic mass is 10.2. The van der Waals surface area contributed by atoms with Crippen LogP contribution in [0, 0.1) is 0 Å². The van der Waals surface area contributed by atoms with Crippen LogP contribution in [0.4, 0.5) is 11.4 Å². The summed E-state index contributed by atoms with van der Waals surface area (Å²) in [4.78, 5) is 12.5. The van der Waals surface area contributed by atoms with Gasteiger partial charge < -0.3 is 20.1 Å². The molecule has 0 saturated heterocycles. The Morgan fingerprint density at radius 3 is 2.52 bits per heavy atom. The smallest absolute Gasteiger partial charge is 0.262 e. The largest absolute Gasteiger partial charge is 0.493 e. The third-order valence-electron chi connectivity index (χ3n) is 3.66. The van der Waals surface area contributed by atoms with Crippen molar-refractivity contribution < 1.29 is 22.7 Å². The van der Waals surface area contributed by atoms with Crippen LogP contribution in [0.5, 0.6) is 11.5 Å². The minimum absolute atomic E-state index is 0.102. The Balaban J connectivity index is 1.81. The summed E-state index contributed by atoms with van der Waals surface area (Å²) in [5.41, 5.74) is 0.816. The summed E-state index contributed by atoms with van der Waals surface area (Å²) in [7, 11) is -0.778. The number of rotatable bonds is 4. The third kappa shape index (κ3) is 3.37. The number of methoxy groups -OCH3 is 2. The lowest BCUT2D eigenvalue weighted by Crippen LogP contribution is -2.51. The van der Waals surface area contributed by atoms with Gasteiger partial charge in [0.25, 0.3) is 5.91 Å². The van der Waals surface area contributed by atoms with E-state index in [9.17, 15) is 13.2 Å². The number of nitrogens with one attached hydrogen (secondary N) is 3. The van der Waals surface area contributed by atoms with E-state index in [1.165, 1.54) is 20.3 Å². The molecule has 0 saturated carbocycles. The number of benzene rings is 2. The first-order valence-electron chi connectivity index (χ1n) is 7.35. The van der Waals surface area contributed by atoms with Gasteiger partial charge in [-0.25, -0.2) is 8.42 Å². The van der Waals surface area contributed by atoms with Gasteiger partial charge in [-0.3, -0.25) is 4.79 Å². The van der Waals surface area contributed by atoms with E-state index in [0.717, 1.165) is 0 Å². The SMILES string of the molecule is COc1ccc(NC(=O)[C@@H]2Nc3ccccc3S(=O)(=O)N2)cc1OC. The van der Waals surface area contributed by atoms with Crippen molar-refractivity contribution in [3.05, 3.63) is 42.5 Å². The van der Waals surface area contributed by atoms with Crippen LogP contribution in [-0.2, 0) is 14.8 Å². The molecule has 1 atom stereocenters. The average molecular weight is 363 g/mol. The minimum Gasteiger partial charge on any atom is -0.493 e. The number of hydrogen-bond acceptors (Lipinski definition) is 6. The number of carbonyl (C=O) groups excluding carboxylic acids is 1. The number of para-hydroxylation sites is 1. The van der Waals surface area contributed by atoms with Gasteiger partial charge >= 0.3 is 0 Å². The molecule has 1 amide bonds. The van der Waals surface area contributed by atoms with Gasteiger partial charge in [0.05, 0.1) is 19.9 Å². The molecule has 2 aromatic carbocycles. The summed E-state index contributed by atoms with van der Waals surface area (Å²) >= 11 is 0. The molecule has 3 N–H and O–H groups in total. The Morgan fingerprint density at radius 2 is 1.80 bits per heavy atom. The molecule has 3 rings (SSSR count). The van der Waals surface area contributed by atoms with Crippen molar-refractivity contribution in [2.45, 2.75) is 11.1 Å². The standard InChI is InChI=1S/C16H17N3O5S/c1-23-12-8-7-10(9-13(12)24-2)17-16(20)15-18-11-5-3-4-6-14(11)25(21,22)19-15/h3-9,15,18-19H,1-2H3,(H,17,20)/t15-/m1/s1. The number of hydrogen-bond donors (Lipinski definition) is 3. The van der Waals surface area contributed by atoms with Crippen LogP contribution in [-0.4, -0.2) is 34.7 Å². The van der Waals surface area contributed by atoms with E-state index in [-0.39, 0.29) is 4.90 Å². The summed E-state index contributed by atoms with van der Waals surface area (Å²) in [5.74, 6) is 0.416. The van der Waals surface area contributed by atoms with Crippen molar-refractivity contribution in [3.8, 4) is 11.5 Å². The van der Waals surface area contributed by atoms with Crippen LogP contribution in [0.2, 0.25) is 0 Å². The van der Waals surface area contributed by atoms with Crippen LogP contribution < -0.4 is 24.8 Å². The van der Waals surface area contributed by atoms with Crippen molar-refractivity contribution in [3.63, 3.8) is 0 Å². The average Bonchev–Trinajstić information content (AvgIpc) is 2.61. The molecule has 132 valence electrons. The lowest BCUT2D eigenvalue weighted by Gasteiger charge is -2.27. The molecule has 0 radical (unpaired) electrons. The summed E-state index contributed by atoms with van der Waals surface area (Å²) < 4.78 is 37.1. The van der Waals surface area contributed by atoms with E-state index in [1.54, 1.807) is 36.4 Å². The molecule has 0 unspecified atom stereocenters. The lowest BCUT2D eigenvalue weighted by molar-refractivity contribution is -0.117. The maximum absolute atomic E-state index is 12.4. The number of fused-ring (bicyclic) bond motifs is 1. The zero-order valence-corrected chi connectivity index (χ0v) is 14.4. The Bertz CT molecular complexity index is 914. The molecule has 1 heterocycles. The first-order chi connectivity index (χ1) is 11.9. The quantitative estimate of drug-likeness (QED) is 0.758. The fourth-order valence-electron chi connectivity index (χ4n) is 2.47. The maximum Gasteiger partial charge on any atom is 0.262 e. The highest BCUT2D eigenvalue weighted by Crippen LogP contribution is 2.30. The predicted molar refractivity (Wildman–Crippen MR) is 92.3 cm³/mol. The van der Waals surface area contributed by atoms with Crippen molar-refractivity contribution in [2.75, 3.05) is 24.9 Å². The fourth-order valence-corrected chi connectivity index (χ4v) is 3.75. The third-order valence-corrected chi connectivity index (χ3v) is 5.14. The Morgan fingerprint density at radius 1 is 1.08 bits per heavy atom. The highest BCUT2D eigenvalue weighted by molar-refractivity contribution is 7.89. The van der Waals surface area contributed by atoms with Gasteiger partial charge in [0.15, 0.2) is 17.7 Å². The molecule has 0 fully saturated rings. The number of anilines is 2. The normalized spacial score (nSPS) is 17.8. The zero-order valence-electron chi connectivity index (χ0n) is 13.6. The van der Waals surface area contributed by atoms with Crippen LogP contribution in [0.3, 0.4) is 0 Å². The minimum atomic E-state index is -3.77. The number of ether oxygens (including phenoxy) is 2. The van der Waals surface area contributed by atoms with E-state index in [2.05, 4.69) is 15.4 Å². The van der Waals surface area contributed by atoms with Crippen molar-refractivity contribution in [1.29, 1.82) is 0 Å². The second-order valence-electron chi connectivity index (χ2n) is 5.25. The Kier molecular flexibility index (Phi) is 4.51. The highest BCUT2D eigenvalue weighted by Gasteiger charge is 2.32. The van der Waals surface area contributed by atoms with E-state index < -0.39 is 22.1 Å². The van der Waals surface area contributed by atoms with Crippen molar-refractivity contribution in [2.24, 2.45) is 0 Å². The molecule has 1 aliphatic rings. The van der Waals surface area contributed by atoms with Gasteiger partial charge in [-0.15, -0.1) is 0 Å². The molecule has 9 heteroatoms. The van der Waals surface area contributed by atoms with Crippen LogP contribution in [0.1, 0.15) is 0 Å². The fraction of sp³-hybridized carbons (Fsp3) is 0.188. The second kappa shape index (κ2) is 6.61. The number of amides is 1. The summed E-state index contributed by atoms with van der Waals surface area (Å²) in [6.07, 6.45) is -1.13. The highest BCUT2D eigenvalue weighted by atomic mass is 32.2. The van der Waals surface area contributed by atoms with Crippen LogP contribution in [0.15, 0.2) is 47.4 Å². The second-order valence-corrected chi connectivity index (χ2v) is 6.94. The van der Waals surface area contributed by atoms with Gasteiger partial charge in [0, 0.05) is 11.8 Å². The molecule has 0 aromatic heterocycles. The first-order valence-corrected chi connectivity index (χ1v) is 8.84. The van der Waals surface area contributed by atoms with E-state index >= 15 is 0 Å². The van der Waals surface area contributed by atoms with Gasteiger partial charge in [0.2, 0.25) is 10.0 Å². The zero-order chi connectivity index (χ0) is 18.0. The van der Waals surface area contributed by atoms with Crippen molar-refractivity contribution >= 4 is 27.3 Å². The Labute approximate surface area is 145 Å². The molecular weight excluding hydrogens is 346 g/mol. The summed E-state index contributed by atoms with van der Waals surface area (Å²) in [5, 5.41) is 5.51. The van der Waals surface area contributed by atoms with Gasteiger partial charge in [0.1, 0.15) is 4.90 Å². The molecule has 0 aliphatic carbocycles. The van der Waals surface area contributed by atoms with E-state index in [0.29, 0.717) is 22.9 Å². The number of sulfonamides is 1.